The van der Waals surface area contributed by atoms with Gasteiger partial charge in [-0.25, -0.2) is 8.78 Å². The van der Waals surface area contributed by atoms with Crippen molar-refractivity contribution in [1.82, 2.24) is 0 Å². The molecule has 3 nitrogen and oxygen atoms in total. The number of hydrogen-bond donors (Lipinski definition) is 0. The number of rotatable bonds is 3. The average Bonchev–Trinajstić information content (AvgIpc) is 2.79. The van der Waals surface area contributed by atoms with Crippen molar-refractivity contribution in [2.24, 2.45) is 5.92 Å². The maximum Gasteiger partial charge on any atom is 0.160 e. The van der Waals surface area contributed by atoms with Crippen LogP contribution in [0, 0.1) is 28.9 Å². The Morgan fingerprint density at radius 1 is 1.53 bits per heavy atom. The van der Waals surface area contributed by atoms with E-state index in [2.05, 4.69) is 0 Å². The number of carbonyl (C=O) groups is 1. The fourth-order valence-electron chi connectivity index (χ4n) is 2.27. The zero-order valence-corrected chi connectivity index (χ0v) is 10.4. The molecule has 3 atom stereocenters. The zero-order chi connectivity index (χ0) is 14.0. The van der Waals surface area contributed by atoms with Crippen LogP contribution in [-0.4, -0.2) is 18.5 Å². The lowest BCUT2D eigenvalue weighted by atomic mass is 9.87. The minimum atomic E-state index is -1.21. The molecule has 1 heterocycles. The number of hydrogen-bond acceptors (Lipinski definition) is 3. The smallest absolute Gasteiger partial charge is 0.160 e. The molecular formula is C14H13F2NO2. The Hall–Kier alpha value is -1.80. The molecule has 0 amide bonds. The van der Waals surface area contributed by atoms with E-state index in [4.69, 9.17) is 10.00 Å². The second-order valence-corrected chi connectivity index (χ2v) is 4.71. The lowest BCUT2D eigenvalue weighted by Gasteiger charge is -2.13. The van der Waals surface area contributed by atoms with E-state index in [0.29, 0.717) is 12.5 Å². The third-order valence-corrected chi connectivity index (χ3v) is 3.29. The fraction of sp³-hybridized carbons (Fsp3) is 0.429. The Balaban J connectivity index is 2.25. The van der Waals surface area contributed by atoms with Crippen molar-refractivity contribution in [2.75, 3.05) is 6.61 Å². The molecule has 1 aliphatic heterocycles. The second-order valence-electron chi connectivity index (χ2n) is 4.71. The Kier molecular flexibility index (Phi) is 3.91. The number of benzene rings is 1. The Morgan fingerprint density at radius 2 is 2.26 bits per heavy atom. The van der Waals surface area contributed by atoms with Crippen LogP contribution in [0.4, 0.5) is 8.78 Å². The van der Waals surface area contributed by atoms with Gasteiger partial charge >= 0.3 is 0 Å². The number of nitrogens with zero attached hydrogens (tertiary/aromatic N) is 1. The van der Waals surface area contributed by atoms with Crippen molar-refractivity contribution in [3.63, 3.8) is 0 Å². The van der Waals surface area contributed by atoms with Crippen LogP contribution in [0.2, 0.25) is 0 Å². The van der Waals surface area contributed by atoms with Gasteiger partial charge in [0, 0.05) is 17.5 Å². The molecule has 1 aromatic carbocycles. The van der Waals surface area contributed by atoms with Gasteiger partial charge in [0.2, 0.25) is 0 Å². The summed E-state index contributed by atoms with van der Waals surface area (Å²) in [6.45, 7) is 2.09. The summed E-state index contributed by atoms with van der Waals surface area (Å²) in [6, 6.07) is 4.68. The molecule has 1 fully saturated rings. The van der Waals surface area contributed by atoms with Gasteiger partial charge in [-0.2, -0.15) is 5.26 Å². The first-order valence-corrected chi connectivity index (χ1v) is 6.02. The van der Waals surface area contributed by atoms with Crippen LogP contribution < -0.4 is 0 Å². The van der Waals surface area contributed by atoms with Crippen LogP contribution in [0.15, 0.2) is 18.2 Å². The first kappa shape index (κ1) is 13.6. The molecule has 0 bridgehead atoms. The van der Waals surface area contributed by atoms with E-state index in [0.717, 1.165) is 12.1 Å². The molecule has 3 unspecified atom stereocenters. The van der Waals surface area contributed by atoms with Gasteiger partial charge in [-0.05, 0) is 19.4 Å². The third kappa shape index (κ3) is 2.79. The highest BCUT2D eigenvalue weighted by Gasteiger charge is 2.34. The maximum absolute atomic E-state index is 13.6. The zero-order valence-electron chi connectivity index (χ0n) is 10.4. The largest absolute Gasteiger partial charge is 0.378 e. The van der Waals surface area contributed by atoms with E-state index in [1.54, 1.807) is 6.07 Å². The number of ketones is 1. The number of ether oxygens (including phenoxy) is 1. The van der Waals surface area contributed by atoms with Crippen molar-refractivity contribution < 1.29 is 18.3 Å². The quantitative estimate of drug-likeness (QED) is 0.844. The molecule has 100 valence electrons. The number of nitriles is 1. The molecule has 19 heavy (non-hydrogen) atoms. The van der Waals surface area contributed by atoms with Crippen LogP contribution in [0.5, 0.6) is 0 Å². The fourth-order valence-corrected chi connectivity index (χ4v) is 2.27. The Morgan fingerprint density at radius 3 is 2.79 bits per heavy atom. The molecule has 0 aliphatic carbocycles. The monoisotopic (exact) mass is 265 g/mol. The highest BCUT2D eigenvalue weighted by molar-refractivity contribution is 5.90. The normalized spacial score (nSPS) is 23.9. The summed E-state index contributed by atoms with van der Waals surface area (Å²) < 4.78 is 31.8. The first-order valence-electron chi connectivity index (χ1n) is 6.02. The summed E-state index contributed by atoms with van der Waals surface area (Å²) in [7, 11) is 0. The highest BCUT2D eigenvalue weighted by atomic mass is 19.1. The standard InChI is InChI=1S/C14H13F2NO2/c1-8-4-9(7-19-8)14(18)12(6-17)11-3-2-10(15)5-13(11)16/h2-3,5,8-9,12H,4,7H2,1H3. The van der Waals surface area contributed by atoms with E-state index in [1.807, 2.05) is 6.92 Å². The lowest BCUT2D eigenvalue weighted by Crippen LogP contribution is -2.22. The van der Waals surface area contributed by atoms with Gasteiger partial charge in [0.05, 0.1) is 18.8 Å². The van der Waals surface area contributed by atoms with Crippen molar-refractivity contribution in [3.05, 3.63) is 35.4 Å². The minimum absolute atomic E-state index is 0.0358. The summed E-state index contributed by atoms with van der Waals surface area (Å²) in [4.78, 5) is 12.2. The predicted molar refractivity (Wildman–Crippen MR) is 63.2 cm³/mol. The van der Waals surface area contributed by atoms with Crippen LogP contribution in [-0.2, 0) is 9.53 Å². The second kappa shape index (κ2) is 5.45. The SMILES string of the molecule is CC1CC(C(=O)C(C#N)c2ccc(F)cc2F)CO1. The van der Waals surface area contributed by atoms with E-state index in [9.17, 15) is 13.6 Å². The molecule has 0 N–H and O–H groups in total. The molecule has 0 saturated carbocycles. The highest BCUT2D eigenvalue weighted by Crippen LogP contribution is 2.28. The van der Waals surface area contributed by atoms with Crippen LogP contribution in [0.25, 0.3) is 0 Å². The number of Topliss-reactive ketones (excluding diaryl/α,β-unsaturated/α-hetero) is 1. The van der Waals surface area contributed by atoms with Gasteiger partial charge in [-0.15, -0.1) is 0 Å². The third-order valence-electron chi connectivity index (χ3n) is 3.29. The topological polar surface area (TPSA) is 50.1 Å². The van der Waals surface area contributed by atoms with Crippen LogP contribution >= 0.6 is 0 Å². The van der Waals surface area contributed by atoms with Gasteiger partial charge < -0.3 is 4.74 Å². The summed E-state index contributed by atoms with van der Waals surface area (Å²) in [6.07, 6.45) is 0.492. The average molecular weight is 265 g/mol. The van der Waals surface area contributed by atoms with Crippen molar-refractivity contribution in [3.8, 4) is 6.07 Å². The van der Waals surface area contributed by atoms with Gasteiger partial charge in [0.15, 0.2) is 5.78 Å². The summed E-state index contributed by atoms with van der Waals surface area (Å²) >= 11 is 0. The van der Waals surface area contributed by atoms with Crippen molar-refractivity contribution >= 4 is 5.78 Å². The van der Waals surface area contributed by atoms with Gasteiger partial charge in [-0.1, -0.05) is 6.07 Å². The molecule has 0 spiro atoms. The molecule has 0 radical (unpaired) electrons. The minimum Gasteiger partial charge on any atom is -0.378 e. The molecule has 2 rings (SSSR count). The predicted octanol–water partition coefficient (Wildman–Crippen LogP) is 2.57. The van der Waals surface area contributed by atoms with E-state index < -0.39 is 23.5 Å². The molecule has 1 aliphatic rings. The van der Waals surface area contributed by atoms with Crippen molar-refractivity contribution in [1.29, 1.82) is 5.26 Å². The van der Waals surface area contributed by atoms with Gasteiger partial charge in [0.25, 0.3) is 0 Å². The molecule has 1 aromatic rings. The molecule has 1 saturated heterocycles. The first-order chi connectivity index (χ1) is 9.02. The Bertz CT molecular complexity index is 539. The number of carbonyl (C=O) groups excluding carboxylic acids is 1. The lowest BCUT2D eigenvalue weighted by molar-refractivity contribution is -0.123. The van der Waals surface area contributed by atoms with Crippen LogP contribution in [0.1, 0.15) is 24.8 Å². The van der Waals surface area contributed by atoms with Crippen molar-refractivity contribution in [2.45, 2.75) is 25.4 Å². The van der Waals surface area contributed by atoms with E-state index in [1.165, 1.54) is 0 Å². The molecule has 0 aromatic heterocycles. The van der Waals surface area contributed by atoms with E-state index >= 15 is 0 Å². The van der Waals surface area contributed by atoms with E-state index in [-0.39, 0.29) is 24.1 Å². The maximum atomic E-state index is 13.6. The summed E-state index contributed by atoms with van der Waals surface area (Å²) in [5.41, 5.74) is -0.0755. The van der Waals surface area contributed by atoms with Crippen LogP contribution in [0.3, 0.4) is 0 Å². The molecule has 5 heteroatoms. The van der Waals surface area contributed by atoms with Gasteiger partial charge in [-0.3, -0.25) is 4.79 Å². The summed E-state index contributed by atoms with van der Waals surface area (Å²) in [5, 5.41) is 9.10. The summed E-state index contributed by atoms with van der Waals surface area (Å²) in [5.74, 6) is -3.57. The number of halogens is 2. The molecular weight excluding hydrogens is 252 g/mol. The Labute approximate surface area is 109 Å². The van der Waals surface area contributed by atoms with Gasteiger partial charge in [0.1, 0.15) is 17.6 Å².